The third-order valence-electron chi connectivity index (χ3n) is 4.50. The number of hydrogen-bond acceptors (Lipinski definition) is 9. The fourth-order valence-corrected chi connectivity index (χ4v) is 3.09. The van der Waals surface area contributed by atoms with Crippen LogP contribution in [-0.4, -0.2) is 33.4 Å². The van der Waals surface area contributed by atoms with Crippen LogP contribution in [0.1, 0.15) is 24.2 Å². The molecule has 2 heterocycles. The van der Waals surface area contributed by atoms with Gasteiger partial charge in [-0.05, 0) is 44.2 Å². The maximum Gasteiger partial charge on any atom is 0.417 e. The number of benzene rings is 2. The van der Waals surface area contributed by atoms with Crippen LogP contribution in [0, 0.1) is 5.82 Å². The third kappa shape index (κ3) is 5.01. The Labute approximate surface area is 191 Å². The van der Waals surface area contributed by atoms with Crippen molar-refractivity contribution in [2.75, 3.05) is 10.6 Å². The van der Waals surface area contributed by atoms with E-state index in [0.29, 0.717) is 22.5 Å². The minimum atomic E-state index is -0.711. The zero-order valence-corrected chi connectivity index (χ0v) is 18.0. The molecule has 0 aliphatic heterocycles. The van der Waals surface area contributed by atoms with Crippen molar-refractivity contribution < 1.29 is 23.1 Å². The summed E-state index contributed by atoms with van der Waals surface area (Å²) in [7, 11) is 0. The van der Waals surface area contributed by atoms with E-state index in [1.807, 2.05) is 0 Å². The van der Waals surface area contributed by atoms with Crippen LogP contribution in [0.25, 0.3) is 11.1 Å². The number of halogens is 1. The molecule has 0 radical (unpaired) electrons. The summed E-state index contributed by atoms with van der Waals surface area (Å²) in [5, 5.41) is 8.42. The molecule has 0 atom stereocenters. The maximum absolute atomic E-state index is 14.3. The number of aromatic amines is 1. The van der Waals surface area contributed by atoms with Gasteiger partial charge in [-0.15, -0.1) is 0 Å². The van der Waals surface area contributed by atoms with Gasteiger partial charge in [-0.25, -0.2) is 14.2 Å². The lowest BCUT2D eigenvalue weighted by atomic mass is 10.1. The number of aromatic nitrogens is 3. The molecule has 2 aromatic carbocycles. The number of anilines is 4. The summed E-state index contributed by atoms with van der Waals surface area (Å²) < 4.78 is 24.2. The first-order chi connectivity index (χ1) is 16.3. The normalized spacial score (nSPS) is 10.8. The second kappa shape index (κ2) is 9.40. The van der Waals surface area contributed by atoms with Crippen molar-refractivity contribution in [1.29, 1.82) is 0 Å². The van der Waals surface area contributed by atoms with Gasteiger partial charge >= 0.3 is 5.76 Å². The van der Waals surface area contributed by atoms with E-state index in [2.05, 4.69) is 30.9 Å². The van der Waals surface area contributed by atoms with Gasteiger partial charge in [-0.2, -0.15) is 4.98 Å². The average Bonchev–Trinajstić information content (AvgIpc) is 3.15. The molecule has 0 saturated carbocycles. The number of nitrogens with one attached hydrogen (secondary N) is 4. The van der Waals surface area contributed by atoms with Crippen molar-refractivity contribution in [3.63, 3.8) is 0 Å². The zero-order valence-electron chi connectivity index (χ0n) is 18.0. The highest BCUT2D eigenvalue weighted by Gasteiger charge is 2.16. The zero-order chi connectivity index (χ0) is 24.2. The molecule has 0 bridgehead atoms. The number of oxazole rings is 1. The molecule has 11 nitrogen and oxygen atoms in total. The highest BCUT2D eigenvalue weighted by Crippen LogP contribution is 2.26. The number of carbonyl (C=O) groups excluding carboxylic acids is 2. The molecule has 0 spiro atoms. The summed E-state index contributed by atoms with van der Waals surface area (Å²) in [6.07, 6.45) is 0.975. The van der Waals surface area contributed by atoms with Crippen molar-refractivity contribution in [3.8, 4) is 5.75 Å². The SMILES string of the molecule is CC(C)NC(=O)c1ccc(Nc2ncc(F)c(Nc3ccc4oc(=O)[nH]c4c3)n2)cc1OC=O. The van der Waals surface area contributed by atoms with E-state index in [1.165, 1.54) is 12.1 Å². The monoisotopic (exact) mass is 466 g/mol. The van der Waals surface area contributed by atoms with Gasteiger partial charge < -0.3 is 25.1 Å². The molecule has 12 heteroatoms. The van der Waals surface area contributed by atoms with Gasteiger partial charge in [0.15, 0.2) is 17.2 Å². The third-order valence-corrected chi connectivity index (χ3v) is 4.50. The van der Waals surface area contributed by atoms with E-state index in [4.69, 9.17) is 9.15 Å². The van der Waals surface area contributed by atoms with Gasteiger partial charge in [0.05, 0.1) is 17.3 Å². The fourth-order valence-electron chi connectivity index (χ4n) is 3.09. The Morgan fingerprint density at radius 3 is 2.71 bits per heavy atom. The lowest BCUT2D eigenvalue weighted by Gasteiger charge is -2.13. The van der Waals surface area contributed by atoms with Crippen LogP contribution < -0.4 is 26.4 Å². The number of rotatable bonds is 8. The van der Waals surface area contributed by atoms with Crippen molar-refractivity contribution in [2.24, 2.45) is 0 Å². The second-order valence-electron chi connectivity index (χ2n) is 7.42. The molecule has 0 unspecified atom stereocenters. The van der Waals surface area contributed by atoms with E-state index >= 15 is 0 Å². The van der Waals surface area contributed by atoms with Crippen LogP contribution in [0.5, 0.6) is 5.75 Å². The van der Waals surface area contributed by atoms with Gasteiger partial charge in [0.25, 0.3) is 12.4 Å². The van der Waals surface area contributed by atoms with E-state index in [1.54, 1.807) is 38.1 Å². The molecule has 0 saturated heterocycles. The lowest BCUT2D eigenvalue weighted by Crippen LogP contribution is -2.30. The van der Waals surface area contributed by atoms with Crippen LogP contribution in [0.4, 0.5) is 27.5 Å². The Hall–Kier alpha value is -4.74. The van der Waals surface area contributed by atoms with Crippen molar-refractivity contribution in [2.45, 2.75) is 19.9 Å². The molecule has 0 aliphatic carbocycles. The number of amides is 1. The van der Waals surface area contributed by atoms with Gasteiger partial charge in [-0.1, -0.05) is 0 Å². The van der Waals surface area contributed by atoms with Crippen LogP contribution in [0.3, 0.4) is 0 Å². The first-order valence-corrected chi connectivity index (χ1v) is 10.1. The number of fused-ring (bicyclic) bond motifs is 1. The topological polar surface area (TPSA) is 151 Å². The summed E-state index contributed by atoms with van der Waals surface area (Å²) in [6.45, 7) is 3.82. The standard InChI is InChI=1S/C22H19FN6O5/c1-11(2)25-20(31)14-5-3-13(8-18(14)33-10-30)27-21-24-9-15(23)19(29-21)26-12-4-6-17-16(7-12)28-22(32)34-17/h3-11H,1-2H3,(H,25,31)(H,28,32)(H2,24,26,27,29). The molecule has 34 heavy (non-hydrogen) atoms. The summed E-state index contributed by atoms with van der Waals surface area (Å²) in [5.41, 5.74) is 1.82. The highest BCUT2D eigenvalue weighted by atomic mass is 19.1. The fraction of sp³-hybridized carbons (Fsp3) is 0.136. The molecule has 2 aromatic heterocycles. The molecular weight excluding hydrogens is 447 g/mol. The molecule has 174 valence electrons. The number of carbonyl (C=O) groups is 2. The van der Waals surface area contributed by atoms with E-state index < -0.39 is 17.5 Å². The second-order valence-corrected chi connectivity index (χ2v) is 7.42. The lowest BCUT2D eigenvalue weighted by molar-refractivity contribution is -0.120. The molecule has 0 fully saturated rings. The number of hydrogen-bond donors (Lipinski definition) is 4. The first kappa shape index (κ1) is 22.5. The molecule has 0 aliphatic rings. The van der Waals surface area contributed by atoms with Crippen molar-refractivity contribution in [1.82, 2.24) is 20.3 Å². The number of H-pyrrole nitrogens is 1. The molecule has 4 N–H and O–H groups in total. The summed E-state index contributed by atoms with van der Waals surface area (Å²) in [5.74, 6) is -1.77. The average molecular weight is 466 g/mol. The maximum atomic E-state index is 14.3. The molecule has 4 rings (SSSR count). The smallest absolute Gasteiger partial charge is 0.417 e. The minimum absolute atomic E-state index is 0.0287. The molecular formula is C22H19FN6O5. The summed E-state index contributed by atoms with van der Waals surface area (Å²) in [4.78, 5) is 45.1. The van der Waals surface area contributed by atoms with Crippen molar-refractivity contribution in [3.05, 3.63) is 64.5 Å². The quantitative estimate of drug-likeness (QED) is 0.287. The predicted octanol–water partition coefficient (Wildman–Crippen LogP) is 3.21. The largest absolute Gasteiger partial charge is 0.428 e. The van der Waals surface area contributed by atoms with Crippen LogP contribution in [0.15, 0.2) is 51.8 Å². The number of nitrogens with zero attached hydrogens (tertiary/aromatic N) is 2. The molecule has 1 amide bonds. The Kier molecular flexibility index (Phi) is 6.21. The minimum Gasteiger partial charge on any atom is -0.428 e. The predicted molar refractivity (Wildman–Crippen MR) is 121 cm³/mol. The van der Waals surface area contributed by atoms with Gasteiger partial charge in [0.1, 0.15) is 5.75 Å². The Morgan fingerprint density at radius 1 is 1.18 bits per heavy atom. The Balaban J connectivity index is 1.57. The first-order valence-electron chi connectivity index (χ1n) is 10.1. The molecule has 4 aromatic rings. The van der Waals surface area contributed by atoms with Gasteiger partial charge in [0.2, 0.25) is 5.95 Å². The Morgan fingerprint density at radius 2 is 1.94 bits per heavy atom. The van der Waals surface area contributed by atoms with Crippen LogP contribution in [0.2, 0.25) is 0 Å². The van der Waals surface area contributed by atoms with E-state index in [-0.39, 0.29) is 35.6 Å². The highest BCUT2D eigenvalue weighted by molar-refractivity contribution is 5.98. The van der Waals surface area contributed by atoms with E-state index in [9.17, 15) is 18.8 Å². The van der Waals surface area contributed by atoms with Crippen LogP contribution in [-0.2, 0) is 4.79 Å². The van der Waals surface area contributed by atoms with E-state index in [0.717, 1.165) is 6.20 Å². The number of ether oxygens (including phenoxy) is 1. The summed E-state index contributed by atoms with van der Waals surface area (Å²) >= 11 is 0. The summed E-state index contributed by atoms with van der Waals surface area (Å²) in [6, 6.07) is 9.07. The van der Waals surface area contributed by atoms with Gasteiger partial charge in [-0.3, -0.25) is 14.6 Å². The van der Waals surface area contributed by atoms with Crippen LogP contribution >= 0.6 is 0 Å². The van der Waals surface area contributed by atoms with Crippen molar-refractivity contribution >= 4 is 46.6 Å². The Bertz CT molecular complexity index is 1430. The van der Waals surface area contributed by atoms with Gasteiger partial charge in [0, 0.05) is 23.5 Å².